The van der Waals surface area contributed by atoms with Crippen LogP contribution in [0.2, 0.25) is 0 Å². The molecule has 0 atom stereocenters. The highest BCUT2D eigenvalue weighted by atomic mass is 16.5. The van der Waals surface area contributed by atoms with Crippen LogP contribution in [0.25, 0.3) is 11.4 Å². The van der Waals surface area contributed by atoms with E-state index in [0.717, 1.165) is 36.4 Å². The number of aryl methyl sites for hydroxylation is 2. The number of aromatic nitrogens is 2. The highest BCUT2D eigenvalue weighted by Gasteiger charge is 2.03. The van der Waals surface area contributed by atoms with Gasteiger partial charge in [0.1, 0.15) is 12.4 Å². The van der Waals surface area contributed by atoms with Crippen molar-refractivity contribution < 1.29 is 4.74 Å². The van der Waals surface area contributed by atoms with Crippen molar-refractivity contribution in [3.05, 3.63) is 77.6 Å². The summed E-state index contributed by atoms with van der Waals surface area (Å²) < 4.78 is 5.93. The summed E-state index contributed by atoms with van der Waals surface area (Å²) in [7, 11) is 0. The topological polar surface area (TPSA) is 35.0 Å². The lowest BCUT2D eigenvalue weighted by atomic mass is 10.1. The SMILES string of the molecule is CCCCCc1ccc(COc2ccc(-c3ncc(CCC)cn3)cc2)cc1. The summed E-state index contributed by atoms with van der Waals surface area (Å²) in [5.74, 6) is 1.61. The highest BCUT2D eigenvalue weighted by molar-refractivity contribution is 5.55. The smallest absolute Gasteiger partial charge is 0.159 e. The van der Waals surface area contributed by atoms with E-state index in [1.165, 1.54) is 36.0 Å². The summed E-state index contributed by atoms with van der Waals surface area (Å²) in [4.78, 5) is 8.95. The second-order valence-corrected chi connectivity index (χ2v) is 7.25. The Morgan fingerprint density at radius 2 is 1.36 bits per heavy atom. The molecule has 0 bridgehead atoms. The minimum atomic E-state index is 0.580. The Kier molecular flexibility index (Phi) is 7.60. The van der Waals surface area contributed by atoms with Gasteiger partial charge in [-0.05, 0) is 60.2 Å². The van der Waals surface area contributed by atoms with E-state index < -0.39 is 0 Å². The molecule has 0 N–H and O–H groups in total. The molecule has 1 aromatic heterocycles. The zero-order valence-electron chi connectivity index (χ0n) is 17.0. The van der Waals surface area contributed by atoms with Crippen LogP contribution in [0.4, 0.5) is 0 Å². The summed E-state index contributed by atoms with van der Waals surface area (Å²) in [5.41, 5.74) is 4.79. The first kappa shape index (κ1) is 20.1. The van der Waals surface area contributed by atoms with E-state index in [0.29, 0.717) is 6.61 Å². The van der Waals surface area contributed by atoms with Crippen LogP contribution in [0.5, 0.6) is 5.75 Å². The molecule has 0 aliphatic carbocycles. The minimum Gasteiger partial charge on any atom is -0.489 e. The van der Waals surface area contributed by atoms with Gasteiger partial charge >= 0.3 is 0 Å². The van der Waals surface area contributed by atoms with E-state index in [-0.39, 0.29) is 0 Å². The van der Waals surface area contributed by atoms with E-state index in [1.807, 2.05) is 36.7 Å². The standard InChI is InChI=1S/C25H30N2O/c1-3-5-6-8-20-9-11-21(12-10-20)19-28-24-15-13-23(14-16-24)25-26-17-22(7-4-2)18-27-25/h9-18H,3-8,19H2,1-2H3. The minimum absolute atomic E-state index is 0.580. The number of hydrogen-bond donors (Lipinski definition) is 0. The van der Waals surface area contributed by atoms with Crippen molar-refractivity contribution in [3.8, 4) is 17.1 Å². The molecule has 28 heavy (non-hydrogen) atoms. The molecule has 0 saturated carbocycles. The quantitative estimate of drug-likeness (QED) is 0.385. The van der Waals surface area contributed by atoms with Crippen LogP contribution >= 0.6 is 0 Å². The van der Waals surface area contributed by atoms with E-state index >= 15 is 0 Å². The second-order valence-electron chi connectivity index (χ2n) is 7.25. The summed E-state index contributed by atoms with van der Waals surface area (Å²) in [6.07, 6.45) is 11.0. The average molecular weight is 375 g/mol. The van der Waals surface area contributed by atoms with E-state index in [2.05, 4.69) is 48.1 Å². The van der Waals surface area contributed by atoms with Crippen LogP contribution in [0.15, 0.2) is 60.9 Å². The Bertz CT molecular complexity index is 824. The van der Waals surface area contributed by atoms with Gasteiger partial charge in [0.2, 0.25) is 0 Å². The van der Waals surface area contributed by atoms with Gasteiger partial charge in [-0.25, -0.2) is 9.97 Å². The summed E-state index contributed by atoms with van der Waals surface area (Å²) in [6, 6.07) is 16.8. The molecule has 0 saturated heterocycles. The van der Waals surface area contributed by atoms with Gasteiger partial charge in [0.25, 0.3) is 0 Å². The Morgan fingerprint density at radius 3 is 2.00 bits per heavy atom. The van der Waals surface area contributed by atoms with E-state index in [9.17, 15) is 0 Å². The first-order chi connectivity index (χ1) is 13.8. The summed E-state index contributed by atoms with van der Waals surface area (Å²) in [6.45, 7) is 4.98. The van der Waals surface area contributed by atoms with Gasteiger partial charge in [-0.3, -0.25) is 0 Å². The maximum absolute atomic E-state index is 5.93. The Balaban J connectivity index is 1.52. The molecule has 146 valence electrons. The molecule has 0 aliphatic rings. The molecule has 3 aromatic rings. The average Bonchev–Trinajstić information content (AvgIpc) is 2.75. The largest absolute Gasteiger partial charge is 0.489 e. The van der Waals surface area contributed by atoms with Gasteiger partial charge < -0.3 is 4.74 Å². The number of nitrogens with zero attached hydrogens (tertiary/aromatic N) is 2. The fourth-order valence-corrected chi connectivity index (χ4v) is 3.17. The molecule has 2 aromatic carbocycles. The molecule has 1 heterocycles. The Hall–Kier alpha value is -2.68. The monoisotopic (exact) mass is 374 g/mol. The van der Waals surface area contributed by atoms with Gasteiger partial charge in [0.05, 0.1) is 0 Å². The summed E-state index contributed by atoms with van der Waals surface area (Å²) >= 11 is 0. The molecular weight excluding hydrogens is 344 g/mol. The van der Waals surface area contributed by atoms with E-state index in [1.54, 1.807) is 0 Å². The number of unbranched alkanes of at least 4 members (excludes halogenated alkanes) is 2. The molecule has 0 amide bonds. The van der Waals surface area contributed by atoms with Crippen LogP contribution < -0.4 is 4.74 Å². The first-order valence-electron chi connectivity index (χ1n) is 10.4. The van der Waals surface area contributed by atoms with Crippen molar-refractivity contribution in [1.29, 1.82) is 0 Å². The molecule has 0 radical (unpaired) electrons. The first-order valence-corrected chi connectivity index (χ1v) is 10.4. The third kappa shape index (κ3) is 5.91. The zero-order chi connectivity index (χ0) is 19.6. The molecule has 0 unspecified atom stereocenters. The third-order valence-corrected chi connectivity index (χ3v) is 4.85. The third-order valence-electron chi connectivity index (χ3n) is 4.85. The number of benzene rings is 2. The van der Waals surface area contributed by atoms with Crippen molar-refractivity contribution >= 4 is 0 Å². The van der Waals surface area contributed by atoms with Crippen molar-refractivity contribution in [1.82, 2.24) is 9.97 Å². The molecule has 3 nitrogen and oxygen atoms in total. The van der Waals surface area contributed by atoms with E-state index in [4.69, 9.17) is 4.74 Å². The lowest BCUT2D eigenvalue weighted by molar-refractivity contribution is 0.306. The molecular formula is C25H30N2O. The number of ether oxygens (including phenoxy) is 1. The fraction of sp³-hybridized carbons (Fsp3) is 0.360. The van der Waals surface area contributed by atoms with Crippen molar-refractivity contribution in [2.75, 3.05) is 0 Å². The van der Waals surface area contributed by atoms with Gasteiger partial charge in [-0.15, -0.1) is 0 Å². The van der Waals surface area contributed by atoms with Gasteiger partial charge in [0, 0.05) is 18.0 Å². The lowest BCUT2D eigenvalue weighted by Crippen LogP contribution is -1.96. The maximum Gasteiger partial charge on any atom is 0.159 e. The fourth-order valence-electron chi connectivity index (χ4n) is 3.17. The van der Waals surface area contributed by atoms with Crippen LogP contribution in [0.3, 0.4) is 0 Å². The molecule has 3 heteroatoms. The molecule has 0 spiro atoms. The predicted molar refractivity (Wildman–Crippen MR) is 115 cm³/mol. The van der Waals surface area contributed by atoms with Gasteiger partial charge in [-0.2, -0.15) is 0 Å². The predicted octanol–water partition coefficient (Wildman–Crippen LogP) is 6.41. The lowest BCUT2D eigenvalue weighted by Gasteiger charge is -2.08. The molecule has 3 rings (SSSR count). The normalized spacial score (nSPS) is 10.8. The molecule has 0 aliphatic heterocycles. The van der Waals surface area contributed by atoms with Gasteiger partial charge in [0.15, 0.2) is 5.82 Å². The number of rotatable bonds is 10. The Labute approximate surface area is 168 Å². The van der Waals surface area contributed by atoms with Crippen LogP contribution in [-0.4, -0.2) is 9.97 Å². The molecule has 0 fully saturated rings. The maximum atomic E-state index is 5.93. The summed E-state index contributed by atoms with van der Waals surface area (Å²) in [5, 5.41) is 0. The van der Waals surface area contributed by atoms with Crippen molar-refractivity contribution in [3.63, 3.8) is 0 Å². The van der Waals surface area contributed by atoms with Crippen LogP contribution in [0, 0.1) is 0 Å². The van der Waals surface area contributed by atoms with Crippen LogP contribution in [0.1, 0.15) is 56.2 Å². The van der Waals surface area contributed by atoms with Crippen molar-refractivity contribution in [2.24, 2.45) is 0 Å². The number of hydrogen-bond acceptors (Lipinski definition) is 3. The zero-order valence-corrected chi connectivity index (χ0v) is 17.0. The van der Waals surface area contributed by atoms with Gasteiger partial charge in [-0.1, -0.05) is 57.4 Å². The van der Waals surface area contributed by atoms with Crippen molar-refractivity contribution in [2.45, 2.75) is 59.0 Å². The Morgan fingerprint density at radius 1 is 0.679 bits per heavy atom. The van der Waals surface area contributed by atoms with Crippen LogP contribution in [-0.2, 0) is 19.4 Å². The second kappa shape index (κ2) is 10.6. The highest BCUT2D eigenvalue weighted by Crippen LogP contribution is 2.20.